The number of hydrazone groups is 1. The largest absolute Gasteiger partial charge is 0.291 e. The predicted molar refractivity (Wildman–Crippen MR) is 91.7 cm³/mol. The molecule has 0 spiro atoms. The van der Waals surface area contributed by atoms with Gasteiger partial charge >= 0.3 is 0 Å². The van der Waals surface area contributed by atoms with Gasteiger partial charge in [-0.3, -0.25) is 9.89 Å². The molecule has 0 atom stereocenters. The van der Waals surface area contributed by atoms with Crippen LogP contribution < -0.4 is 5.43 Å². The van der Waals surface area contributed by atoms with Gasteiger partial charge in [0, 0.05) is 11.3 Å². The molecule has 0 aliphatic rings. The normalized spacial score (nSPS) is 11.4. The Balaban J connectivity index is 1.73. The number of aromatic nitrogens is 2. The zero-order valence-electron chi connectivity index (χ0n) is 13.1. The van der Waals surface area contributed by atoms with Crippen LogP contribution >= 0.6 is 0 Å². The Morgan fingerprint density at radius 3 is 2.78 bits per heavy atom. The number of carbonyl (C=O) groups excluding carboxylic acids is 1. The van der Waals surface area contributed by atoms with Crippen molar-refractivity contribution in [3.63, 3.8) is 0 Å². The van der Waals surface area contributed by atoms with Crippen molar-refractivity contribution in [2.24, 2.45) is 5.10 Å². The summed E-state index contributed by atoms with van der Waals surface area (Å²) in [7, 11) is 0. The molecule has 1 heterocycles. The first kappa shape index (κ1) is 15.0. The Hall–Kier alpha value is -2.95. The van der Waals surface area contributed by atoms with Gasteiger partial charge in [-0.25, -0.2) is 5.43 Å². The van der Waals surface area contributed by atoms with Gasteiger partial charge < -0.3 is 0 Å². The molecule has 1 amide bonds. The summed E-state index contributed by atoms with van der Waals surface area (Å²) < 4.78 is 0. The molecule has 1 aromatic heterocycles. The van der Waals surface area contributed by atoms with Gasteiger partial charge in [0.25, 0.3) is 5.91 Å². The molecule has 0 radical (unpaired) electrons. The number of nitrogens with one attached hydrogen (secondary N) is 2. The first-order valence-electron chi connectivity index (χ1n) is 7.51. The number of amides is 1. The van der Waals surface area contributed by atoms with E-state index in [-0.39, 0.29) is 5.91 Å². The fourth-order valence-corrected chi connectivity index (χ4v) is 2.33. The number of fused-ring (bicyclic) bond motifs is 1. The fourth-order valence-electron chi connectivity index (χ4n) is 2.33. The van der Waals surface area contributed by atoms with E-state index in [1.54, 1.807) is 12.3 Å². The van der Waals surface area contributed by atoms with Crippen LogP contribution in [0.2, 0.25) is 0 Å². The number of hydrogen-bond donors (Lipinski definition) is 2. The van der Waals surface area contributed by atoms with Gasteiger partial charge in [0.1, 0.15) is 0 Å². The smallest absolute Gasteiger partial charge is 0.282 e. The average Bonchev–Trinajstić information content (AvgIpc) is 3.05. The summed E-state index contributed by atoms with van der Waals surface area (Å²) in [6.07, 6.45) is 1.65. The second-order valence-corrected chi connectivity index (χ2v) is 5.63. The number of nitrogens with zero attached hydrogens (tertiary/aromatic N) is 2. The molecule has 0 fully saturated rings. The number of rotatable bonds is 4. The molecule has 5 heteroatoms. The molecule has 5 nitrogen and oxygen atoms in total. The predicted octanol–water partition coefficient (Wildman–Crippen LogP) is 3.45. The lowest BCUT2D eigenvalue weighted by molar-refractivity contribution is 0.0950. The maximum absolute atomic E-state index is 12.0. The Morgan fingerprint density at radius 1 is 1.22 bits per heavy atom. The minimum atomic E-state index is -0.329. The van der Waals surface area contributed by atoms with Crippen LogP contribution in [-0.2, 0) is 0 Å². The summed E-state index contributed by atoms with van der Waals surface area (Å²) in [4.78, 5) is 12.0. The molecule has 2 aromatic carbocycles. The number of carbonyl (C=O) groups is 1. The average molecular weight is 306 g/mol. The van der Waals surface area contributed by atoms with Crippen molar-refractivity contribution in [3.8, 4) is 0 Å². The summed E-state index contributed by atoms with van der Waals surface area (Å²) in [5.74, 6) is -0.0344. The van der Waals surface area contributed by atoms with E-state index in [0.717, 1.165) is 22.0 Å². The summed E-state index contributed by atoms with van der Waals surface area (Å²) in [6, 6.07) is 15.8. The standard InChI is InChI=1S/C18H18N4O/c1-12(2)16-10-17(21-20-16)18(23)22-19-11-14-8-5-7-13-6-3-4-9-15(13)14/h3-12H,1-2H3,(H,20,21)(H,22,23). The van der Waals surface area contributed by atoms with Crippen molar-refractivity contribution >= 4 is 22.9 Å². The summed E-state index contributed by atoms with van der Waals surface area (Å²) in [6.45, 7) is 4.07. The molecule has 0 unspecified atom stereocenters. The van der Waals surface area contributed by atoms with Gasteiger partial charge in [-0.1, -0.05) is 56.3 Å². The summed E-state index contributed by atoms with van der Waals surface area (Å²) in [5.41, 5.74) is 4.73. The minimum Gasteiger partial charge on any atom is -0.282 e. The highest BCUT2D eigenvalue weighted by molar-refractivity contribution is 6.00. The highest BCUT2D eigenvalue weighted by Crippen LogP contribution is 2.16. The van der Waals surface area contributed by atoms with Gasteiger partial charge in [0.15, 0.2) is 5.69 Å². The third-order valence-corrected chi connectivity index (χ3v) is 3.65. The van der Waals surface area contributed by atoms with E-state index in [0.29, 0.717) is 11.6 Å². The van der Waals surface area contributed by atoms with Crippen LogP contribution in [-0.4, -0.2) is 22.3 Å². The van der Waals surface area contributed by atoms with Crippen molar-refractivity contribution in [1.29, 1.82) is 0 Å². The lowest BCUT2D eigenvalue weighted by Gasteiger charge is -2.01. The maximum atomic E-state index is 12.0. The third kappa shape index (κ3) is 3.29. The Kier molecular flexibility index (Phi) is 4.19. The van der Waals surface area contributed by atoms with E-state index >= 15 is 0 Å². The van der Waals surface area contributed by atoms with Crippen molar-refractivity contribution in [2.45, 2.75) is 19.8 Å². The van der Waals surface area contributed by atoms with Gasteiger partial charge in [0.05, 0.1) is 6.21 Å². The summed E-state index contributed by atoms with van der Waals surface area (Å²) >= 11 is 0. The Bertz CT molecular complexity index is 859. The zero-order valence-corrected chi connectivity index (χ0v) is 13.1. The van der Waals surface area contributed by atoms with Crippen LogP contribution in [0.4, 0.5) is 0 Å². The lowest BCUT2D eigenvalue weighted by Crippen LogP contribution is -2.18. The molecule has 3 rings (SSSR count). The molecule has 0 bridgehead atoms. The van der Waals surface area contributed by atoms with Gasteiger partial charge in [0.2, 0.25) is 0 Å². The van der Waals surface area contributed by atoms with E-state index in [1.165, 1.54) is 0 Å². The van der Waals surface area contributed by atoms with Crippen LogP contribution in [0.1, 0.15) is 41.5 Å². The van der Waals surface area contributed by atoms with Crippen LogP contribution in [0, 0.1) is 0 Å². The van der Waals surface area contributed by atoms with E-state index in [2.05, 4.69) is 20.7 Å². The summed E-state index contributed by atoms with van der Waals surface area (Å²) in [5, 5.41) is 13.1. The highest BCUT2D eigenvalue weighted by atomic mass is 16.2. The monoisotopic (exact) mass is 306 g/mol. The molecule has 0 saturated carbocycles. The number of benzene rings is 2. The van der Waals surface area contributed by atoms with Crippen molar-refractivity contribution in [1.82, 2.24) is 15.6 Å². The molecule has 0 aliphatic heterocycles. The zero-order chi connectivity index (χ0) is 16.2. The molecular formula is C18H18N4O. The number of H-pyrrole nitrogens is 1. The Labute approximate surface area is 134 Å². The van der Waals surface area contributed by atoms with Crippen LogP contribution in [0.3, 0.4) is 0 Å². The topological polar surface area (TPSA) is 70.1 Å². The van der Waals surface area contributed by atoms with Gasteiger partial charge in [-0.15, -0.1) is 0 Å². The van der Waals surface area contributed by atoms with E-state index in [4.69, 9.17) is 0 Å². The second-order valence-electron chi connectivity index (χ2n) is 5.63. The van der Waals surface area contributed by atoms with Crippen molar-refractivity contribution in [3.05, 3.63) is 65.5 Å². The molecule has 2 N–H and O–H groups in total. The van der Waals surface area contributed by atoms with E-state index in [1.807, 2.05) is 56.3 Å². The van der Waals surface area contributed by atoms with Crippen molar-refractivity contribution < 1.29 is 4.79 Å². The lowest BCUT2D eigenvalue weighted by atomic mass is 10.1. The van der Waals surface area contributed by atoms with Crippen LogP contribution in [0.5, 0.6) is 0 Å². The number of hydrogen-bond acceptors (Lipinski definition) is 3. The van der Waals surface area contributed by atoms with Crippen LogP contribution in [0.25, 0.3) is 10.8 Å². The van der Waals surface area contributed by atoms with E-state index in [9.17, 15) is 4.79 Å². The maximum Gasteiger partial charge on any atom is 0.291 e. The number of aromatic amines is 1. The molecule has 116 valence electrons. The van der Waals surface area contributed by atoms with Crippen molar-refractivity contribution in [2.75, 3.05) is 0 Å². The minimum absolute atomic E-state index is 0.295. The molecular weight excluding hydrogens is 288 g/mol. The molecule has 0 saturated heterocycles. The van der Waals surface area contributed by atoms with Gasteiger partial charge in [-0.2, -0.15) is 10.2 Å². The fraction of sp³-hybridized carbons (Fsp3) is 0.167. The second kappa shape index (κ2) is 6.44. The van der Waals surface area contributed by atoms with Crippen LogP contribution in [0.15, 0.2) is 53.6 Å². The molecule has 3 aromatic rings. The molecule has 23 heavy (non-hydrogen) atoms. The first-order chi connectivity index (χ1) is 11.1. The highest BCUT2D eigenvalue weighted by Gasteiger charge is 2.11. The first-order valence-corrected chi connectivity index (χ1v) is 7.51. The Morgan fingerprint density at radius 2 is 2.00 bits per heavy atom. The quantitative estimate of drug-likeness (QED) is 0.572. The SMILES string of the molecule is CC(C)c1cc(C(=O)NN=Cc2cccc3ccccc23)n[nH]1. The van der Waals surface area contributed by atoms with E-state index < -0.39 is 0 Å². The molecule has 0 aliphatic carbocycles. The third-order valence-electron chi connectivity index (χ3n) is 3.65. The van der Waals surface area contributed by atoms with Gasteiger partial charge in [-0.05, 0) is 22.8 Å².